The average molecular weight is 396 g/mol. The van der Waals surface area contributed by atoms with Crippen molar-refractivity contribution in [2.45, 2.75) is 26.3 Å². The van der Waals surface area contributed by atoms with Crippen LogP contribution >= 0.6 is 0 Å². The van der Waals surface area contributed by atoms with Crippen molar-refractivity contribution in [3.8, 4) is 17.0 Å². The number of nitrogens with one attached hydrogen (secondary N) is 3. The van der Waals surface area contributed by atoms with Gasteiger partial charge in [-0.15, -0.1) is 0 Å². The van der Waals surface area contributed by atoms with Crippen molar-refractivity contribution in [3.05, 3.63) is 45.4 Å². The third-order valence-electron chi connectivity index (χ3n) is 5.53. The van der Waals surface area contributed by atoms with Gasteiger partial charge in [0.25, 0.3) is 5.56 Å². The quantitative estimate of drug-likeness (QED) is 0.462. The van der Waals surface area contributed by atoms with Gasteiger partial charge in [-0.05, 0) is 37.6 Å². The minimum atomic E-state index is -1.43. The fraction of sp³-hybridized carbons (Fsp3) is 0.333. The third kappa shape index (κ3) is 3.15. The van der Waals surface area contributed by atoms with Crippen LogP contribution in [-0.4, -0.2) is 38.8 Å². The minimum Gasteiger partial charge on any atom is -0.506 e. The molecule has 4 rings (SSSR count). The molecule has 0 saturated heterocycles. The zero-order valence-corrected chi connectivity index (χ0v) is 16.4. The molecule has 0 fully saturated rings. The lowest BCUT2D eigenvalue weighted by molar-refractivity contribution is 0.0691. The van der Waals surface area contributed by atoms with E-state index in [-0.39, 0.29) is 0 Å². The second kappa shape index (κ2) is 7.29. The number of H-pyrrole nitrogens is 1. The molecule has 0 radical (unpaired) electrons. The van der Waals surface area contributed by atoms with Crippen molar-refractivity contribution in [2.24, 2.45) is 7.05 Å². The van der Waals surface area contributed by atoms with Gasteiger partial charge in [-0.3, -0.25) is 4.79 Å². The van der Waals surface area contributed by atoms with E-state index in [4.69, 9.17) is 0 Å². The molecule has 1 aliphatic heterocycles. The Hall–Kier alpha value is -3.26. The van der Waals surface area contributed by atoms with Crippen LogP contribution in [0.5, 0.6) is 5.75 Å². The number of pyridine rings is 1. The first kappa shape index (κ1) is 19.1. The van der Waals surface area contributed by atoms with E-state index < -0.39 is 22.8 Å². The van der Waals surface area contributed by atoms with E-state index in [1.54, 1.807) is 0 Å². The maximum Gasteiger partial charge on any atom is 0.345 e. The molecule has 8 heteroatoms. The summed E-state index contributed by atoms with van der Waals surface area (Å²) in [6.07, 6.45) is 1.16. The number of hydrogen-bond donors (Lipinski definition) is 5. The summed E-state index contributed by atoms with van der Waals surface area (Å²) in [5.41, 5.74) is 3.31. The molecular formula is C21H24N4O4. The SMILES string of the molecule is CCNCc1cc2cc3c(cc2n1C)NCCCc1c-3[nH]c(=O)c(C(=O)O)c1O. The van der Waals surface area contributed by atoms with Crippen LogP contribution in [0.3, 0.4) is 0 Å². The van der Waals surface area contributed by atoms with Crippen LogP contribution in [0, 0.1) is 0 Å². The number of aromatic carboxylic acids is 1. The largest absolute Gasteiger partial charge is 0.506 e. The highest BCUT2D eigenvalue weighted by Gasteiger charge is 2.25. The van der Waals surface area contributed by atoms with E-state index in [0.717, 1.165) is 40.9 Å². The van der Waals surface area contributed by atoms with Gasteiger partial charge >= 0.3 is 5.97 Å². The number of carbonyl (C=O) groups is 1. The Morgan fingerprint density at radius 2 is 2.10 bits per heavy atom. The van der Waals surface area contributed by atoms with Gasteiger partial charge in [-0.2, -0.15) is 0 Å². The number of aromatic amines is 1. The summed E-state index contributed by atoms with van der Waals surface area (Å²) >= 11 is 0. The lowest BCUT2D eigenvalue weighted by atomic mass is 9.95. The molecule has 0 amide bonds. The Morgan fingerprint density at radius 1 is 1.31 bits per heavy atom. The summed E-state index contributed by atoms with van der Waals surface area (Å²) < 4.78 is 2.13. The number of rotatable bonds is 4. The molecule has 2 aromatic heterocycles. The Balaban J connectivity index is 1.97. The first-order chi connectivity index (χ1) is 13.9. The zero-order valence-electron chi connectivity index (χ0n) is 16.4. The number of carboxylic acids is 1. The summed E-state index contributed by atoms with van der Waals surface area (Å²) in [6.45, 7) is 4.35. The van der Waals surface area contributed by atoms with E-state index in [2.05, 4.69) is 33.2 Å². The average Bonchev–Trinajstić information content (AvgIpc) is 2.97. The predicted octanol–water partition coefficient (Wildman–Crippen LogP) is 2.40. The van der Waals surface area contributed by atoms with Gasteiger partial charge in [0.05, 0.1) is 11.2 Å². The van der Waals surface area contributed by atoms with Gasteiger partial charge in [0.2, 0.25) is 0 Å². The van der Waals surface area contributed by atoms with Crippen molar-refractivity contribution in [2.75, 3.05) is 18.4 Å². The van der Waals surface area contributed by atoms with Crippen molar-refractivity contribution in [1.82, 2.24) is 14.9 Å². The highest BCUT2D eigenvalue weighted by atomic mass is 16.4. The topological polar surface area (TPSA) is 119 Å². The van der Waals surface area contributed by atoms with Gasteiger partial charge in [0.15, 0.2) is 5.56 Å². The van der Waals surface area contributed by atoms with E-state index >= 15 is 0 Å². The fourth-order valence-electron chi connectivity index (χ4n) is 4.01. The molecule has 1 aromatic carbocycles. The van der Waals surface area contributed by atoms with Gasteiger partial charge in [-0.1, -0.05) is 6.92 Å². The van der Waals surface area contributed by atoms with Crippen LogP contribution in [0.15, 0.2) is 23.0 Å². The molecule has 152 valence electrons. The molecule has 0 spiro atoms. The number of benzene rings is 1. The highest BCUT2D eigenvalue weighted by Crippen LogP contribution is 2.38. The standard InChI is InChI=1S/C21H24N4O4/c1-3-22-10-12-7-11-8-14-15(9-16(11)25(12)2)23-6-4-5-13-18(14)24-20(27)17(19(13)26)21(28)29/h7-9,22-23H,3-6,10H2,1-2H3,(H,28,29)(H2,24,26,27). The number of hydrogen-bond acceptors (Lipinski definition) is 5. The molecule has 0 unspecified atom stereocenters. The van der Waals surface area contributed by atoms with E-state index in [0.29, 0.717) is 30.6 Å². The second-order valence-electron chi connectivity index (χ2n) is 7.30. The molecule has 0 saturated carbocycles. The molecule has 8 nitrogen and oxygen atoms in total. The molecule has 0 atom stereocenters. The van der Waals surface area contributed by atoms with Crippen molar-refractivity contribution in [1.29, 1.82) is 0 Å². The molecule has 3 heterocycles. The number of carboxylic acid groups (broad SMARTS) is 1. The van der Waals surface area contributed by atoms with Crippen molar-refractivity contribution < 1.29 is 15.0 Å². The van der Waals surface area contributed by atoms with Crippen molar-refractivity contribution >= 4 is 22.6 Å². The lowest BCUT2D eigenvalue weighted by Crippen LogP contribution is -2.21. The first-order valence-corrected chi connectivity index (χ1v) is 9.71. The molecule has 29 heavy (non-hydrogen) atoms. The van der Waals surface area contributed by atoms with Gasteiger partial charge in [0, 0.05) is 48.0 Å². The normalized spacial score (nSPS) is 13.3. The Labute approximate surface area is 167 Å². The van der Waals surface area contributed by atoms with E-state index in [1.807, 2.05) is 19.2 Å². The molecule has 0 aliphatic carbocycles. The lowest BCUT2D eigenvalue weighted by Gasteiger charge is -2.20. The van der Waals surface area contributed by atoms with E-state index in [9.17, 15) is 19.8 Å². The molecule has 1 aliphatic rings. The summed E-state index contributed by atoms with van der Waals surface area (Å²) in [5, 5.41) is 27.6. The monoisotopic (exact) mass is 396 g/mol. The van der Waals surface area contributed by atoms with Crippen LogP contribution in [0.1, 0.15) is 35.0 Å². The number of fused-ring (bicyclic) bond motifs is 4. The second-order valence-corrected chi connectivity index (χ2v) is 7.30. The summed E-state index contributed by atoms with van der Waals surface area (Å²) in [7, 11) is 2.02. The highest BCUT2D eigenvalue weighted by molar-refractivity contribution is 5.96. The summed E-state index contributed by atoms with van der Waals surface area (Å²) in [5.74, 6) is -1.87. The fourth-order valence-corrected chi connectivity index (χ4v) is 4.01. The molecule has 0 bridgehead atoms. The zero-order chi connectivity index (χ0) is 20.7. The Kier molecular flexibility index (Phi) is 4.79. The van der Waals surface area contributed by atoms with Crippen LogP contribution < -0.4 is 16.2 Å². The summed E-state index contributed by atoms with van der Waals surface area (Å²) in [6, 6.07) is 6.11. The smallest absolute Gasteiger partial charge is 0.345 e. The van der Waals surface area contributed by atoms with Gasteiger partial charge in [0.1, 0.15) is 5.75 Å². The predicted molar refractivity (Wildman–Crippen MR) is 112 cm³/mol. The Morgan fingerprint density at radius 3 is 2.83 bits per heavy atom. The number of anilines is 1. The van der Waals surface area contributed by atoms with Crippen molar-refractivity contribution in [3.63, 3.8) is 0 Å². The number of nitrogens with zero attached hydrogens (tertiary/aromatic N) is 1. The number of aromatic nitrogens is 2. The van der Waals surface area contributed by atoms with Crippen LogP contribution in [0.4, 0.5) is 5.69 Å². The van der Waals surface area contributed by atoms with Crippen LogP contribution in [0.2, 0.25) is 0 Å². The molecule has 3 aromatic rings. The van der Waals surface area contributed by atoms with E-state index in [1.165, 1.54) is 0 Å². The third-order valence-corrected chi connectivity index (χ3v) is 5.53. The maximum atomic E-state index is 12.4. The number of aromatic hydroxyl groups is 1. The maximum absolute atomic E-state index is 12.4. The number of aryl methyl sites for hydroxylation is 1. The Bertz CT molecular complexity index is 1180. The molecular weight excluding hydrogens is 372 g/mol. The van der Waals surface area contributed by atoms with Crippen LogP contribution in [-0.2, 0) is 20.0 Å². The molecule has 5 N–H and O–H groups in total. The minimum absolute atomic E-state index is 0.440. The van der Waals surface area contributed by atoms with Gasteiger partial charge in [-0.25, -0.2) is 4.79 Å². The summed E-state index contributed by atoms with van der Waals surface area (Å²) in [4.78, 5) is 26.5. The van der Waals surface area contributed by atoms with Gasteiger partial charge < -0.3 is 30.4 Å². The van der Waals surface area contributed by atoms with Crippen LogP contribution in [0.25, 0.3) is 22.2 Å². The first-order valence-electron chi connectivity index (χ1n) is 9.71.